The molecule has 3 nitrogen and oxygen atoms in total. The Balaban J connectivity index is 2.03. The van der Waals surface area contributed by atoms with Crippen LogP contribution in [0.4, 0.5) is 18.9 Å². The lowest BCUT2D eigenvalue weighted by Gasteiger charge is -2.42. The van der Waals surface area contributed by atoms with E-state index in [1.165, 1.54) is 12.1 Å². The van der Waals surface area contributed by atoms with Gasteiger partial charge in [-0.2, -0.15) is 0 Å². The van der Waals surface area contributed by atoms with Gasteiger partial charge < -0.3 is 4.90 Å². The fourth-order valence-electron chi connectivity index (χ4n) is 3.87. The SMILES string of the molecule is C=CCN1c2c(ccc(F)c2F)C(c2cnc3c(F)cccc3c2C)=NC1(C)C. The van der Waals surface area contributed by atoms with Crippen LogP contribution in [0.25, 0.3) is 10.9 Å². The lowest BCUT2D eigenvalue weighted by Crippen LogP contribution is -2.47. The largest absolute Gasteiger partial charge is 0.341 e. The Hall–Kier alpha value is -3.15. The molecule has 0 unspecified atom stereocenters. The van der Waals surface area contributed by atoms with Gasteiger partial charge in [0.05, 0.1) is 11.4 Å². The third kappa shape index (κ3) is 2.90. The molecule has 0 fully saturated rings. The molecule has 0 spiro atoms. The number of hydrogen-bond donors (Lipinski definition) is 0. The maximum absolute atomic E-state index is 14.9. The summed E-state index contributed by atoms with van der Waals surface area (Å²) in [5, 5.41) is 0.653. The lowest BCUT2D eigenvalue weighted by molar-refractivity contribution is 0.461. The number of aliphatic imine (C=N–C) groups is 1. The minimum Gasteiger partial charge on any atom is -0.341 e. The molecule has 1 aliphatic heterocycles. The van der Waals surface area contributed by atoms with Crippen molar-refractivity contribution >= 4 is 22.3 Å². The second-order valence-corrected chi connectivity index (χ2v) is 7.54. The topological polar surface area (TPSA) is 28.5 Å². The highest BCUT2D eigenvalue weighted by Crippen LogP contribution is 2.39. The van der Waals surface area contributed by atoms with E-state index in [2.05, 4.69) is 11.6 Å². The molecule has 148 valence electrons. The summed E-state index contributed by atoms with van der Waals surface area (Å²) >= 11 is 0. The molecule has 0 atom stereocenters. The standard InChI is InChI=1S/C23H20F3N3/c1-5-11-29-22-15(9-10-17(24)19(22)26)20(28-23(29,3)4)16-12-27-21-14(13(16)2)7-6-8-18(21)25/h5-10,12H,1,11H2,2-4H3. The predicted molar refractivity (Wildman–Crippen MR) is 110 cm³/mol. The fourth-order valence-corrected chi connectivity index (χ4v) is 3.87. The number of aromatic nitrogens is 1. The summed E-state index contributed by atoms with van der Waals surface area (Å²) < 4.78 is 43.2. The molecule has 1 aromatic heterocycles. The van der Waals surface area contributed by atoms with E-state index in [0.717, 1.165) is 11.6 Å². The first-order chi connectivity index (χ1) is 13.8. The summed E-state index contributed by atoms with van der Waals surface area (Å²) in [7, 11) is 0. The predicted octanol–water partition coefficient (Wildman–Crippen LogP) is 5.54. The summed E-state index contributed by atoms with van der Waals surface area (Å²) in [6.07, 6.45) is 3.17. The van der Waals surface area contributed by atoms with E-state index in [1.54, 1.807) is 29.3 Å². The van der Waals surface area contributed by atoms with Crippen LogP contribution in [0.5, 0.6) is 0 Å². The molecule has 4 rings (SSSR count). The Bertz CT molecular complexity index is 1180. The molecule has 0 aliphatic carbocycles. The first-order valence-corrected chi connectivity index (χ1v) is 9.27. The Kier molecular flexibility index (Phi) is 4.45. The number of aryl methyl sites for hydroxylation is 1. The number of rotatable bonds is 3. The maximum Gasteiger partial charge on any atom is 0.182 e. The van der Waals surface area contributed by atoms with Crippen LogP contribution in [-0.4, -0.2) is 22.9 Å². The number of hydrogen-bond acceptors (Lipinski definition) is 3. The van der Waals surface area contributed by atoms with Gasteiger partial charge in [-0.05, 0) is 44.5 Å². The molecule has 0 bridgehead atoms. The van der Waals surface area contributed by atoms with Crippen LogP contribution in [0.2, 0.25) is 0 Å². The fraction of sp³-hybridized carbons (Fsp3) is 0.217. The van der Waals surface area contributed by atoms with Crippen molar-refractivity contribution in [2.75, 3.05) is 11.4 Å². The Morgan fingerprint density at radius 1 is 1.07 bits per heavy atom. The second kappa shape index (κ2) is 6.72. The van der Waals surface area contributed by atoms with Crippen molar-refractivity contribution in [3.63, 3.8) is 0 Å². The van der Waals surface area contributed by atoms with Crippen molar-refractivity contribution in [3.8, 4) is 0 Å². The van der Waals surface area contributed by atoms with E-state index in [0.29, 0.717) is 28.8 Å². The van der Waals surface area contributed by atoms with Crippen LogP contribution in [0.1, 0.15) is 30.5 Å². The van der Waals surface area contributed by atoms with Crippen molar-refractivity contribution in [1.29, 1.82) is 0 Å². The minimum atomic E-state index is -0.928. The van der Waals surface area contributed by atoms with Gasteiger partial charge in [0.25, 0.3) is 0 Å². The number of benzene rings is 2. The zero-order chi connectivity index (χ0) is 20.9. The maximum atomic E-state index is 14.9. The van der Waals surface area contributed by atoms with Crippen molar-refractivity contribution < 1.29 is 13.2 Å². The van der Waals surface area contributed by atoms with Gasteiger partial charge in [0.2, 0.25) is 0 Å². The molecule has 0 saturated carbocycles. The van der Waals surface area contributed by atoms with E-state index >= 15 is 0 Å². The first kappa shape index (κ1) is 19.2. The van der Waals surface area contributed by atoms with Gasteiger partial charge in [-0.3, -0.25) is 9.98 Å². The molecule has 2 aromatic carbocycles. The summed E-state index contributed by atoms with van der Waals surface area (Å²) in [5.74, 6) is -2.26. The third-order valence-corrected chi connectivity index (χ3v) is 5.32. The van der Waals surface area contributed by atoms with E-state index < -0.39 is 23.1 Å². The monoisotopic (exact) mass is 395 g/mol. The summed E-state index contributed by atoms with van der Waals surface area (Å²) in [4.78, 5) is 10.8. The number of anilines is 1. The van der Waals surface area contributed by atoms with Gasteiger partial charge >= 0.3 is 0 Å². The number of pyridine rings is 1. The quantitative estimate of drug-likeness (QED) is 0.545. The molecule has 2 heterocycles. The highest BCUT2D eigenvalue weighted by Gasteiger charge is 2.37. The van der Waals surface area contributed by atoms with Gasteiger partial charge in [-0.1, -0.05) is 18.2 Å². The van der Waals surface area contributed by atoms with Gasteiger partial charge in [-0.15, -0.1) is 6.58 Å². The summed E-state index contributed by atoms with van der Waals surface area (Å²) in [6.45, 7) is 9.53. The minimum absolute atomic E-state index is 0.138. The van der Waals surface area contributed by atoms with Crippen LogP contribution in [0.15, 0.2) is 54.2 Å². The van der Waals surface area contributed by atoms with Gasteiger partial charge in [0.15, 0.2) is 11.6 Å². The van der Waals surface area contributed by atoms with Crippen molar-refractivity contribution in [2.45, 2.75) is 26.4 Å². The average Bonchev–Trinajstić information content (AvgIpc) is 2.67. The lowest BCUT2D eigenvalue weighted by atomic mass is 9.92. The first-order valence-electron chi connectivity index (χ1n) is 9.27. The van der Waals surface area contributed by atoms with Crippen LogP contribution in [-0.2, 0) is 0 Å². The van der Waals surface area contributed by atoms with Crippen LogP contribution >= 0.6 is 0 Å². The number of halogens is 3. The van der Waals surface area contributed by atoms with Gasteiger partial charge in [0.1, 0.15) is 17.0 Å². The van der Waals surface area contributed by atoms with Crippen LogP contribution < -0.4 is 4.90 Å². The van der Waals surface area contributed by atoms with Crippen molar-refractivity contribution in [3.05, 3.63) is 83.3 Å². The Morgan fingerprint density at radius 2 is 1.83 bits per heavy atom. The molecule has 0 radical (unpaired) electrons. The van der Waals surface area contributed by atoms with Crippen molar-refractivity contribution in [1.82, 2.24) is 4.98 Å². The van der Waals surface area contributed by atoms with E-state index in [9.17, 15) is 13.2 Å². The summed E-state index contributed by atoms with van der Waals surface area (Å²) in [5.41, 5.74) is 1.95. The summed E-state index contributed by atoms with van der Waals surface area (Å²) in [6, 6.07) is 7.38. The third-order valence-electron chi connectivity index (χ3n) is 5.32. The van der Waals surface area contributed by atoms with Crippen LogP contribution in [0, 0.1) is 24.4 Å². The molecule has 1 aliphatic rings. The molecule has 0 N–H and O–H groups in total. The molecular weight excluding hydrogens is 375 g/mol. The second-order valence-electron chi connectivity index (χ2n) is 7.54. The molecule has 29 heavy (non-hydrogen) atoms. The smallest absolute Gasteiger partial charge is 0.182 e. The highest BCUT2D eigenvalue weighted by molar-refractivity contribution is 6.19. The molecule has 3 aromatic rings. The van der Waals surface area contributed by atoms with E-state index in [4.69, 9.17) is 4.99 Å². The zero-order valence-corrected chi connectivity index (χ0v) is 16.4. The van der Waals surface area contributed by atoms with Crippen molar-refractivity contribution in [2.24, 2.45) is 4.99 Å². The number of nitrogens with zero attached hydrogens (tertiary/aromatic N) is 3. The number of para-hydroxylation sites is 1. The molecule has 0 amide bonds. The van der Waals surface area contributed by atoms with E-state index in [1.807, 2.05) is 20.8 Å². The van der Waals surface area contributed by atoms with Gasteiger partial charge in [0, 0.05) is 29.3 Å². The molecule has 6 heteroatoms. The zero-order valence-electron chi connectivity index (χ0n) is 16.4. The molecular formula is C23H20F3N3. The highest BCUT2D eigenvalue weighted by atomic mass is 19.2. The normalized spacial score (nSPS) is 15.2. The average molecular weight is 395 g/mol. The molecule has 0 saturated heterocycles. The van der Waals surface area contributed by atoms with Gasteiger partial charge in [-0.25, -0.2) is 13.2 Å². The Morgan fingerprint density at radius 3 is 2.55 bits per heavy atom. The number of fused-ring (bicyclic) bond motifs is 2. The Labute approximate surface area is 167 Å². The van der Waals surface area contributed by atoms with Crippen LogP contribution in [0.3, 0.4) is 0 Å². The van der Waals surface area contributed by atoms with E-state index in [-0.39, 0.29) is 11.2 Å².